The van der Waals surface area contributed by atoms with Crippen molar-refractivity contribution < 1.29 is 19.2 Å². The molecule has 0 spiro atoms. The van der Waals surface area contributed by atoms with Gasteiger partial charge in [0, 0.05) is 30.9 Å². The Labute approximate surface area is 247 Å². The highest BCUT2D eigenvalue weighted by atomic mass is 16.6. The maximum atomic E-state index is 12.6. The number of nitro groups is 1. The number of non-ortho nitro benzene ring substituents is 1. The highest BCUT2D eigenvalue weighted by molar-refractivity contribution is 5.92. The van der Waals surface area contributed by atoms with Crippen LogP contribution in [0, 0.1) is 10.1 Å². The first-order valence-corrected chi connectivity index (χ1v) is 13.8. The number of nitrogens with one attached hydrogen (secondary N) is 2. The van der Waals surface area contributed by atoms with Crippen molar-refractivity contribution in [1.29, 1.82) is 0 Å². The van der Waals surface area contributed by atoms with E-state index in [0.717, 1.165) is 31.6 Å². The van der Waals surface area contributed by atoms with Crippen molar-refractivity contribution in [2.45, 2.75) is 26.2 Å². The van der Waals surface area contributed by atoms with Crippen molar-refractivity contribution in [3.05, 3.63) is 94.0 Å². The summed E-state index contributed by atoms with van der Waals surface area (Å²) in [6.45, 7) is 3.89. The van der Waals surface area contributed by atoms with E-state index in [2.05, 4.69) is 35.7 Å². The van der Waals surface area contributed by atoms with Crippen LogP contribution in [-0.2, 0) is 0 Å². The molecule has 0 unspecified atom stereocenters. The Hall–Kier alpha value is -5.59. The average Bonchev–Trinajstić information content (AvgIpc) is 3.03. The molecular formula is C30H30N8O5. The number of benzene rings is 3. The summed E-state index contributed by atoms with van der Waals surface area (Å²) in [5, 5.41) is 18.4. The van der Waals surface area contributed by atoms with E-state index in [1.807, 2.05) is 37.3 Å². The Morgan fingerprint density at radius 3 is 2.44 bits per heavy atom. The van der Waals surface area contributed by atoms with Crippen LogP contribution >= 0.6 is 0 Å². The summed E-state index contributed by atoms with van der Waals surface area (Å²) in [6, 6.07) is 19.8. The average molecular weight is 583 g/mol. The summed E-state index contributed by atoms with van der Waals surface area (Å²) in [5.41, 5.74) is 4.47. The van der Waals surface area contributed by atoms with Gasteiger partial charge in [0.05, 0.1) is 23.3 Å². The van der Waals surface area contributed by atoms with E-state index in [1.165, 1.54) is 30.7 Å². The molecule has 0 atom stereocenters. The molecule has 0 aliphatic carbocycles. The molecule has 1 aliphatic heterocycles. The van der Waals surface area contributed by atoms with Crippen molar-refractivity contribution in [1.82, 2.24) is 15.0 Å². The van der Waals surface area contributed by atoms with Gasteiger partial charge in [-0.1, -0.05) is 18.2 Å². The van der Waals surface area contributed by atoms with Crippen molar-refractivity contribution in [3.63, 3.8) is 0 Å². The lowest BCUT2D eigenvalue weighted by atomic mass is 10.1. The minimum atomic E-state index is -0.668. The number of hydrogen-bond acceptors (Lipinski definition) is 12. The monoisotopic (exact) mass is 582 g/mol. The molecule has 0 bridgehead atoms. The Kier molecular flexibility index (Phi) is 9.32. The molecular weight excluding hydrogens is 552 g/mol. The van der Waals surface area contributed by atoms with E-state index in [-0.39, 0.29) is 22.9 Å². The van der Waals surface area contributed by atoms with E-state index >= 15 is 0 Å². The van der Waals surface area contributed by atoms with Gasteiger partial charge in [-0.05, 0) is 74.2 Å². The predicted molar refractivity (Wildman–Crippen MR) is 162 cm³/mol. The Balaban J connectivity index is 1.31. The van der Waals surface area contributed by atoms with Gasteiger partial charge in [-0.2, -0.15) is 20.1 Å². The Morgan fingerprint density at radius 1 is 0.977 bits per heavy atom. The zero-order chi connectivity index (χ0) is 30.0. The molecule has 3 aromatic carbocycles. The largest absolute Gasteiger partial charge is 0.490 e. The van der Waals surface area contributed by atoms with Gasteiger partial charge < -0.3 is 19.7 Å². The zero-order valence-corrected chi connectivity index (χ0v) is 23.5. The minimum Gasteiger partial charge on any atom is -0.490 e. The molecule has 1 aromatic heterocycles. The Morgan fingerprint density at radius 2 is 1.72 bits per heavy atom. The lowest BCUT2D eigenvalue weighted by Gasteiger charge is -2.26. The second kappa shape index (κ2) is 13.9. The van der Waals surface area contributed by atoms with Gasteiger partial charge in [0.25, 0.3) is 5.69 Å². The number of nitro benzene ring substituents is 1. The van der Waals surface area contributed by atoms with Crippen molar-refractivity contribution >= 4 is 41.4 Å². The van der Waals surface area contributed by atoms with E-state index in [0.29, 0.717) is 29.8 Å². The number of carbonyl (C=O) groups excluding carboxylic acids is 1. The maximum Gasteiger partial charge on any atom is 0.343 e. The molecule has 2 heterocycles. The quantitative estimate of drug-likeness (QED) is 0.0748. The van der Waals surface area contributed by atoms with Gasteiger partial charge in [-0.3, -0.25) is 10.1 Å². The Bertz CT molecular complexity index is 1590. The van der Waals surface area contributed by atoms with Crippen LogP contribution in [0.2, 0.25) is 0 Å². The minimum absolute atomic E-state index is 0.118. The van der Waals surface area contributed by atoms with Gasteiger partial charge in [-0.15, -0.1) is 0 Å². The number of carbonyl (C=O) groups is 1. The highest BCUT2D eigenvalue weighted by Crippen LogP contribution is 2.29. The summed E-state index contributed by atoms with van der Waals surface area (Å²) in [7, 11) is 0. The lowest BCUT2D eigenvalue weighted by Crippen LogP contribution is -2.31. The standard InChI is InChI=1S/C30H30N8O5/c1-2-42-26-19-21(11-16-25(26)43-27(39)22-12-14-24(15-13-22)38(40)41)20-31-36-29-33-28(32-23-9-5-3-6-10-23)34-30(35-29)37-17-7-4-8-18-37/h3,5-6,9-16,19-20H,2,4,7-8,17-18H2,1H3,(H2,32,33,34,35,36)/b31-20-. The first-order chi connectivity index (χ1) is 21.0. The summed E-state index contributed by atoms with van der Waals surface area (Å²) in [4.78, 5) is 38.8. The van der Waals surface area contributed by atoms with Crippen LogP contribution in [0.25, 0.3) is 0 Å². The number of rotatable bonds is 11. The second-order valence-corrected chi connectivity index (χ2v) is 9.52. The summed E-state index contributed by atoms with van der Waals surface area (Å²) < 4.78 is 11.2. The third-order valence-electron chi connectivity index (χ3n) is 6.45. The van der Waals surface area contributed by atoms with Gasteiger partial charge in [0.1, 0.15) is 0 Å². The molecule has 5 rings (SSSR count). The number of piperidine rings is 1. The number of anilines is 4. The summed E-state index contributed by atoms with van der Waals surface area (Å²) in [6.07, 6.45) is 4.91. The van der Waals surface area contributed by atoms with Crippen LogP contribution in [0.15, 0.2) is 77.9 Å². The molecule has 4 aromatic rings. The fourth-order valence-corrected chi connectivity index (χ4v) is 4.36. The first-order valence-electron chi connectivity index (χ1n) is 13.8. The second-order valence-electron chi connectivity index (χ2n) is 9.52. The number of para-hydroxylation sites is 1. The fourth-order valence-electron chi connectivity index (χ4n) is 4.36. The highest BCUT2D eigenvalue weighted by Gasteiger charge is 2.17. The third kappa shape index (κ3) is 7.79. The van der Waals surface area contributed by atoms with Crippen LogP contribution in [0.3, 0.4) is 0 Å². The summed E-state index contributed by atoms with van der Waals surface area (Å²) in [5.74, 6) is 1.13. The van der Waals surface area contributed by atoms with Gasteiger partial charge >= 0.3 is 5.97 Å². The molecule has 1 fully saturated rings. The molecule has 43 heavy (non-hydrogen) atoms. The van der Waals surface area contributed by atoms with E-state index in [9.17, 15) is 14.9 Å². The number of aromatic nitrogens is 3. The fraction of sp³-hybridized carbons (Fsp3) is 0.233. The van der Waals surface area contributed by atoms with Crippen LogP contribution in [0.4, 0.5) is 29.2 Å². The molecule has 1 saturated heterocycles. The van der Waals surface area contributed by atoms with Gasteiger partial charge in [0.2, 0.25) is 17.8 Å². The van der Waals surface area contributed by atoms with Crippen LogP contribution in [0.1, 0.15) is 42.1 Å². The normalized spacial score (nSPS) is 13.0. The summed E-state index contributed by atoms with van der Waals surface area (Å²) >= 11 is 0. The maximum absolute atomic E-state index is 12.6. The number of hydrazone groups is 1. The van der Waals surface area contributed by atoms with E-state index < -0.39 is 10.9 Å². The molecule has 0 radical (unpaired) electrons. The van der Waals surface area contributed by atoms with E-state index in [4.69, 9.17) is 9.47 Å². The van der Waals surface area contributed by atoms with Crippen molar-refractivity contribution in [2.75, 3.05) is 35.3 Å². The predicted octanol–water partition coefficient (Wildman–Crippen LogP) is 5.58. The SMILES string of the molecule is CCOc1cc(/C=N\Nc2nc(Nc3ccccc3)nc(N3CCCCC3)n2)ccc1OC(=O)c1ccc([N+](=O)[O-])cc1. The third-order valence-corrected chi connectivity index (χ3v) is 6.45. The molecule has 13 heteroatoms. The number of ether oxygens (including phenoxy) is 2. The number of hydrogen-bond donors (Lipinski definition) is 2. The van der Waals surface area contributed by atoms with Crippen LogP contribution < -0.4 is 25.1 Å². The van der Waals surface area contributed by atoms with Gasteiger partial charge in [0.15, 0.2) is 11.5 Å². The molecule has 0 saturated carbocycles. The molecule has 2 N–H and O–H groups in total. The van der Waals surface area contributed by atoms with Crippen LogP contribution in [-0.4, -0.2) is 51.8 Å². The van der Waals surface area contributed by atoms with E-state index in [1.54, 1.807) is 24.4 Å². The van der Waals surface area contributed by atoms with Crippen LogP contribution in [0.5, 0.6) is 11.5 Å². The zero-order valence-electron chi connectivity index (χ0n) is 23.5. The molecule has 1 aliphatic rings. The molecule has 13 nitrogen and oxygen atoms in total. The number of nitrogens with zero attached hydrogens (tertiary/aromatic N) is 6. The lowest BCUT2D eigenvalue weighted by molar-refractivity contribution is -0.384. The van der Waals surface area contributed by atoms with Crippen molar-refractivity contribution in [3.8, 4) is 11.5 Å². The number of esters is 1. The molecule has 0 amide bonds. The smallest absolute Gasteiger partial charge is 0.343 e. The van der Waals surface area contributed by atoms with Gasteiger partial charge in [-0.25, -0.2) is 10.2 Å². The van der Waals surface area contributed by atoms with Crippen molar-refractivity contribution in [2.24, 2.45) is 5.10 Å². The molecule has 220 valence electrons. The first kappa shape index (κ1) is 28.9. The topological polar surface area (TPSA) is 157 Å².